The van der Waals surface area contributed by atoms with Crippen LogP contribution in [0.25, 0.3) is 0 Å². The molecule has 0 saturated carbocycles. The zero-order valence-electron chi connectivity index (χ0n) is 7.06. The van der Waals surface area contributed by atoms with E-state index in [1.807, 2.05) is 0 Å². The van der Waals surface area contributed by atoms with Gasteiger partial charge < -0.3 is 0 Å². The van der Waals surface area contributed by atoms with Crippen LogP contribution < -0.4 is 5.32 Å². The summed E-state index contributed by atoms with van der Waals surface area (Å²) in [5.41, 5.74) is 2.90. The average molecular weight is 398 g/mol. The fourth-order valence-corrected chi connectivity index (χ4v) is 4.36. The highest BCUT2D eigenvalue weighted by Crippen LogP contribution is 2.33. The Morgan fingerprint density at radius 2 is 2.23 bits per heavy atom. The number of hydrogen-bond acceptors (Lipinski definition) is 1. The van der Waals surface area contributed by atoms with Crippen molar-refractivity contribution in [3.05, 3.63) is 39.8 Å². The summed E-state index contributed by atoms with van der Waals surface area (Å²) in [5.74, 6) is 0. The van der Waals surface area contributed by atoms with Crippen LogP contribution in [-0.4, -0.2) is 6.04 Å². The van der Waals surface area contributed by atoms with Crippen LogP contribution in [0, 0.1) is 10.5 Å². The molecule has 3 heteroatoms. The molecule has 0 amide bonds. The summed E-state index contributed by atoms with van der Waals surface area (Å²) < 4.78 is 1.77. The molecule has 0 saturated heterocycles. The van der Waals surface area contributed by atoms with Gasteiger partial charge in [0.05, 0.1) is 4.05 Å². The first kappa shape index (κ1) is 10.2. The van der Waals surface area contributed by atoms with Crippen LogP contribution in [0.2, 0.25) is 0 Å². The molecular weight excluding hydrogens is 388 g/mol. The van der Waals surface area contributed by atoms with E-state index < -0.39 is 0 Å². The Labute approximate surface area is 106 Å². The van der Waals surface area contributed by atoms with E-state index in [1.165, 1.54) is 14.7 Å². The molecule has 1 aromatic carbocycles. The Morgan fingerprint density at radius 1 is 1.46 bits per heavy atom. The summed E-state index contributed by atoms with van der Waals surface area (Å²) in [6.07, 6.45) is 1.05. The lowest BCUT2D eigenvalue weighted by Gasteiger charge is -2.28. The second-order valence-corrected chi connectivity index (χ2v) is 5.65. The number of fused-ring (bicyclic) bond motifs is 1. The smallest absolute Gasteiger partial charge is 0.0864 e. The van der Waals surface area contributed by atoms with Crippen LogP contribution in [0.15, 0.2) is 18.2 Å². The summed E-state index contributed by atoms with van der Waals surface area (Å²) in [4.78, 5) is 0. The van der Waals surface area contributed by atoms with Gasteiger partial charge in [-0.3, -0.25) is 5.32 Å². The first-order valence-electron chi connectivity index (χ1n) is 4.19. The van der Waals surface area contributed by atoms with E-state index in [2.05, 4.69) is 75.6 Å². The van der Waals surface area contributed by atoms with Gasteiger partial charge in [0.15, 0.2) is 0 Å². The highest BCUT2D eigenvalue weighted by atomic mass is 127. The summed E-state index contributed by atoms with van der Waals surface area (Å²) in [6, 6.07) is 6.85. The van der Waals surface area contributed by atoms with Crippen molar-refractivity contribution in [2.75, 3.05) is 0 Å². The number of nitrogens with one attached hydrogen (secondary N) is 1. The normalized spacial score (nSPS) is 27.0. The lowest BCUT2D eigenvalue weighted by atomic mass is 9.97. The number of alkyl halides is 1. The Bertz CT molecular complexity index is 325. The summed E-state index contributed by atoms with van der Waals surface area (Å²) in [5, 5.41) is 3.45. The van der Waals surface area contributed by atoms with Crippen LogP contribution in [0.1, 0.15) is 15.2 Å². The van der Waals surface area contributed by atoms with Gasteiger partial charge >= 0.3 is 0 Å². The van der Waals surface area contributed by atoms with E-state index in [0.29, 0.717) is 10.1 Å². The quantitative estimate of drug-likeness (QED) is 0.403. The molecule has 0 fully saturated rings. The molecule has 2 unspecified atom stereocenters. The first-order valence-corrected chi connectivity index (χ1v) is 6.51. The minimum atomic E-state index is 0.354. The van der Waals surface area contributed by atoms with Crippen LogP contribution in [-0.2, 0) is 6.42 Å². The third kappa shape index (κ3) is 2.02. The molecule has 0 aliphatic carbocycles. The molecule has 69 valence electrons. The summed E-state index contributed by atoms with van der Waals surface area (Å²) in [7, 11) is 0. The van der Waals surface area contributed by atoms with Gasteiger partial charge in [-0.2, -0.15) is 0 Å². The van der Waals surface area contributed by atoms with Gasteiger partial charge in [-0.05, 0) is 53.1 Å². The molecular formula is C10H10I2N. The maximum Gasteiger partial charge on any atom is 0.0864 e. The SMILES string of the molecule is [CH2]C1Cc2cccc(I)c2C(I)N1. The van der Waals surface area contributed by atoms with E-state index in [4.69, 9.17) is 0 Å². The van der Waals surface area contributed by atoms with E-state index in [1.54, 1.807) is 0 Å². The molecule has 1 heterocycles. The van der Waals surface area contributed by atoms with Crippen molar-refractivity contribution in [2.45, 2.75) is 16.5 Å². The topological polar surface area (TPSA) is 12.0 Å². The average Bonchev–Trinajstić information content (AvgIpc) is 2.02. The number of hydrogen-bond donors (Lipinski definition) is 1. The Hall–Kier alpha value is 0.640. The minimum Gasteiger partial charge on any atom is -0.299 e. The van der Waals surface area contributed by atoms with Gasteiger partial charge in [-0.25, -0.2) is 0 Å². The van der Waals surface area contributed by atoms with E-state index >= 15 is 0 Å². The fourth-order valence-electron chi connectivity index (χ4n) is 1.66. The predicted molar refractivity (Wildman–Crippen MR) is 71.9 cm³/mol. The van der Waals surface area contributed by atoms with Crippen molar-refractivity contribution in [1.82, 2.24) is 5.32 Å². The van der Waals surface area contributed by atoms with Crippen molar-refractivity contribution in [3.63, 3.8) is 0 Å². The second-order valence-electron chi connectivity index (χ2n) is 3.24. The van der Waals surface area contributed by atoms with Crippen molar-refractivity contribution < 1.29 is 0 Å². The van der Waals surface area contributed by atoms with E-state index in [-0.39, 0.29) is 0 Å². The minimum absolute atomic E-state index is 0.354. The van der Waals surface area contributed by atoms with Crippen molar-refractivity contribution in [1.29, 1.82) is 0 Å². The lowest BCUT2D eigenvalue weighted by molar-refractivity contribution is 0.552. The van der Waals surface area contributed by atoms with Crippen LogP contribution in [0.3, 0.4) is 0 Å². The Kier molecular flexibility index (Phi) is 3.14. The third-order valence-electron chi connectivity index (χ3n) is 2.25. The molecule has 0 spiro atoms. The first-order chi connectivity index (χ1) is 6.18. The molecule has 1 aliphatic rings. The highest BCUT2D eigenvalue weighted by molar-refractivity contribution is 14.1. The molecule has 1 aromatic rings. The predicted octanol–water partition coefficient (Wildman–Crippen LogP) is 3.07. The fraction of sp³-hybridized carbons (Fsp3) is 0.300. The van der Waals surface area contributed by atoms with Gasteiger partial charge in [0.25, 0.3) is 0 Å². The van der Waals surface area contributed by atoms with Crippen LogP contribution >= 0.6 is 45.2 Å². The number of benzene rings is 1. The zero-order valence-corrected chi connectivity index (χ0v) is 11.4. The zero-order chi connectivity index (χ0) is 9.42. The van der Waals surface area contributed by atoms with E-state index in [9.17, 15) is 0 Å². The maximum absolute atomic E-state index is 4.06. The van der Waals surface area contributed by atoms with Crippen molar-refractivity contribution in [2.24, 2.45) is 0 Å². The maximum atomic E-state index is 4.06. The monoisotopic (exact) mass is 398 g/mol. The third-order valence-corrected chi connectivity index (χ3v) is 4.17. The molecule has 1 radical (unpaired) electrons. The Balaban J connectivity index is 2.49. The van der Waals surface area contributed by atoms with Crippen molar-refractivity contribution >= 4 is 45.2 Å². The largest absolute Gasteiger partial charge is 0.299 e. The van der Waals surface area contributed by atoms with Gasteiger partial charge in [0.2, 0.25) is 0 Å². The second kappa shape index (κ2) is 4.02. The lowest BCUT2D eigenvalue weighted by Crippen LogP contribution is -2.35. The molecule has 0 aromatic heterocycles. The van der Waals surface area contributed by atoms with Crippen LogP contribution in [0.5, 0.6) is 0 Å². The van der Waals surface area contributed by atoms with Gasteiger partial charge in [-0.1, -0.05) is 34.7 Å². The highest BCUT2D eigenvalue weighted by Gasteiger charge is 2.23. The molecule has 13 heavy (non-hydrogen) atoms. The molecule has 0 bridgehead atoms. The molecule has 2 rings (SSSR count). The van der Waals surface area contributed by atoms with Gasteiger partial charge in [0.1, 0.15) is 0 Å². The molecule has 1 N–H and O–H groups in total. The molecule has 1 nitrogen and oxygen atoms in total. The van der Waals surface area contributed by atoms with E-state index in [0.717, 1.165) is 6.42 Å². The Morgan fingerprint density at radius 3 is 3.00 bits per heavy atom. The standard InChI is InChI=1S/C10H10I2N/c1-6-5-7-3-2-4-8(11)9(7)10(12)13-6/h2-4,6,10,13H,1,5H2. The van der Waals surface area contributed by atoms with Gasteiger partial charge in [-0.15, -0.1) is 0 Å². The van der Waals surface area contributed by atoms with Crippen LogP contribution in [0.4, 0.5) is 0 Å². The molecule has 1 aliphatic heterocycles. The van der Waals surface area contributed by atoms with Crippen molar-refractivity contribution in [3.8, 4) is 0 Å². The summed E-state index contributed by atoms with van der Waals surface area (Å²) >= 11 is 4.83. The molecule has 2 atom stereocenters. The number of halogens is 2. The van der Waals surface area contributed by atoms with Gasteiger partial charge in [0, 0.05) is 9.61 Å². The summed E-state index contributed by atoms with van der Waals surface area (Å²) in [6.45, 7) is 4.06. The number of rotatable bonds is 0.